The monoisotopic (exact) mass is 436 g/mol. The number of fused-ring (bicyclic) bond motifs is 3. The first kappa shape index (κ1) is 18.6. The molecule has 6 rings (SSSR count). The molecule has 10 nitrogen and oxygen atoms in total. The van der Waals surface area contributed by atoms with Crippen LogP contribution in [0.3, 0.4) is 0 Å². The summed E-state index contributed by atoms with van der Waals surface area (Å²) in [5, 5.41) is 22.5. The van der Waals surface area contributed by atoms with Gasteiger partial charge in [0.15, 0.2) is 17.2 Å². The lowest BCUT2D eigenvalue weighted by Gasteiger charge is -2.23. The number of carboxylic acid groups (broad SMARTS) is 1. The van der Waals surface area contributed by atoms with E-state index in [1.165, 1.54) is 12.4 Å². The molecule has 2 aliphatic rings. The van der Waals surface area contributed by atoms with Crippen molar-refractivity contribution in [2.75, 3.05) is 18.1 Å². The van der Waals surface area contributed by atoms with E-state index in [9.17, 15) is 14.3 Å². The highest BCUT2D eigenvalue weighted by Gasteiger charge is 2.35. The minimum Gasteiger partial charge on any atom is -0.493 e. The van der Waals surface area contributed by atoms with E-state index in [4.69, 9.17) is 9.47 Å². The van der Waals surface area contributed by atoms with Gasteiger partial charge in [0.2, 0.25) is 0 Å². The van der Waals surface area contributed by atoms with Crippen LogP contribution in [0.4, 0.5) is 15.0 Å². The van der Waals surface area contributed by atoms with Crippen molar-refractivity contribution in [3.8, 4) is 22.8 Å². The minimum absolute atomic E-state index is 0.197. The number of benzene rings is 1. The smallest absolute Gasteiger partial charge is 0.413 e. The van der Waals surface area contributed by atoms with Gasteiger partial charge < -0.3 is 14.6 Å². The number of amides is 1. The summed E-state index contributed by atoms with van der Waals surface area (Å²) in [4.78, 5) is 13.4. The van der Waals surface area contributed by atoms with E-state index in [1.54, 1.807) is 34.5 Å². The highest BCUT2D eigenvalue weighted by Crippen LogP contribution is 2.43. The van der Waals surface area contributed by atoms with Crippen LogP contribution < -0.4 is 14.4 Å². The third-order valence-corrected chi connectivity index (χ3v) is 5.96. The quantitative estimate of drug-likeness (QED) is 0.489. The summed E-state index contributed by atoms with van der Waals surface area (Å²) in [6, 6.07) is 6.43. The van der Waals surface area contributed by atoms with Gasteiger partial charge in [-0.25, -0.2) is 9.18 Å². The molecular formula is C21H17FN6O4. The summed E-state index contributed by atoms with van der Waals surface area (Å²) >= 11 is 0. The number of pyridine rings is 1. The van der Waals surface area contributed by atoms with Gasteiger partial charge in [0, 0.05) is 29.9 Å². The molecule has 0 bridgehead atoms. The lowest BCUT2D eigenvalue weighted by atomic mass is 9.95. The van der Waals surface area contributed by atoms with Crippen LogP contribution in [-0.4, -0.2) is 48.8 Å². The van der Waals surface area contributed by atoms with E-state index in [0.717, 1.165) is 10.6 Å². The second kappa shape index (κ2) is 6.67. The Balaban J connectivity index is 1.62. The summed E-state index contributed by atoms with van der Waals surface area (Å²) < 4.78 is 30.0. The van der Waals surface area contributed by atoms with Crippen LogP contribution in [0.2, 0.25) is 0 Å². The molecule has 0 saturated heterocycles. The largest absolute Gasteiger partial charge is 0.493 e. The van der Waals surface area contributed by atoms with Gasteiger partial charge in [0.25, 0.3) is 0 Å². The molecule has 5 heterocycles. The van der Waals surface area contributed by atoms with Crippen molar-refractivity contribution in [1.82, 2.24) is 24.4 Å². The average molecular weight is 436 g/mol. The maximum atomic E-state index is 14.9. The number of halogens is 1. The summed E-state index contributed by atoms with van der Waals surface area (Å²) in [6.45, 7) is 0.318. The fourth-order valence-corrected chi connectivity index (χ4v) is 4.49. The molecule has 32 heavy (non-hydrogen) atoms. The number of rotatable bonds is 1. The lowest BCUT2D eigenvalue weighted by Crippen LogP contribution is -2.31. The molecule has 2 aliphatic heterocycles. The van der Waals surface area contributed by atoms with Gasteiger partial charge >= 0.3 is 6.09 Å². The van der Waals surface area contributed by atoms with Crippen LogP contribution in [0.25, 0.3) is 16.9 Å². The van der Waals surface area contributed by atoms with Gasteiger partial charge in [-0.15, -0.1) is 10.2 Å². The maximum Gasteiger partial charge on any atom is 0.413 e. The Kier molecular flexibility index (Phi) is 3.88. The fourth-order valence-electron chi connectivity index (χ4n) is 4.49. The lowest BCUT2D eigenvalue weighted by molar-refractivity contribution is 0.200. The molecule has 1 amide bonds. The molecule has 3 aromatic heterocycles. The Morgan fingerprint density at radius 1 is 1.22 bits per heavy atom. The van der Waals surface area contributed by atoms with E-state index in [0.29, 0.717) is 34.9 Å². The Labute approximate surface area is 180 Å². The fraction of sp³-hybridized carbons (Fsp3) is 0.238. The zero-order valence-electron chi connectivity index (χ0n) is 16.9. The molecule has 0 aliphatic carbocycles. The van der Waals surface area contributed by atoms with Crippen molar-refractivity contribution in [2.45, 2.75) is 12.5 Å². The number of nitrogens with zero attached hydrogens (tertiary/aromatic N) is 6. The number of aryl methyl sites for hydroxylation is 1. The maximum absolute atomic E-state index is 14.9. The van der Waals surface area contributed by atoms with Gasteiger partial charge in [-0.3, -0.25) is 14.0 Å². The number of anilines is 1. The van der Waals surface area contributed by atoms with Gasteiger partial charge in [-0.05, 0) is 24.3 Å². The Bertz CT molecular complexity index is 1400. The Morgan fingerprint density at radius 2 is 2.03 bits per heavy atom. The molecule has 0 saturated carbocycles. The molecule has 1 aromatic carbocycles. The van der Waals surface area contributed by atoms with Gasteiger partial charge in [-0.2, -0.15) is 5.10 Å². The SMILES string of the molecule is Cn1nccc1-c1cc2c(n3cnnc13)N(C(=O)O)Cc1c(F)ccc3c1[C@@H](CO3)CO2. The summed E-state index contributed by atoms with van der Waals surface area (Å²) in [6.07, 6.45) is 1.82. The zero-order chi connectivity index (χ0) is 22.0. The van der Waals surface area contributed by atoms with Crippen LogP contribution in [0.5, 0.6) is 11.5 Å². The summed E-state index contributed by atoms with van der Waals surface area (Å²) in [5.41, 5.74) is 2.80. The third-order valence-electron chi connectivity index (χ3n) is 5.96. The molecular weight excluding hydrogens is 419 g/mol. The number of aromatic nitrogens is 5. The molecule has 162 valence electrons. The Hall–Kier alpha value is -4.15. The first-order chi connectivity index (χ1) is 15.5. The van der Waals surface area contributed by atoms with Crippen LogP contribution in [0.15, 0.2) is 36.8 Å². The van der Waals surface area contributed by atoms with E-state index in [2.05, 4.69) is 15.3 Å². The number of hydrogen-bond donors (Lipinski definition) is 1. The molecule has 11 heteroatoms. The van der Waals surface area contributed by atoms with E-state index in [-0.39, 0.29) is 30.5 Å². The standard InChI is InChI=1S/C21H17FN6O4/c1-26-15(4-5-24-26)12-6-17-20(28-10-23-25-19(12)28)27(21(29)30)7-13-14(22)2-3-16-18(13)11(8-31-16)9-32-17/h2-6,10-11H,7-9H2,1H3,(H,29,30)/t11-/m0/s1. The minimum atomic E-state index is -1.26. The van der Waals surface area contributed by atoms with Crippen molar-refractivity contribution in [2.24, 2.45) is 7.05 Å². The van der Waals surface area contributed by atoms with E-state index in [1.807, 2.05) is 6.07 Å². The topological polar surface area (TPSA) is 107 Å². The number of carbonyl (C=O) groups is 1. The first-order valence-corrected chi connectivity index (χ1v) is 9.95. The number of ether oxygens (including phenoxy) is 2. The molecule has 4 aromatic rings. The zero-order valence-corrected chi connectivity index (χ0v) is 16.9. The van der Waals surface area contributed by atoms with Gasteiger partial charge in [0.05, 0.1) is 31.4 Å². The second-order valence-electron chi connectivity index (χ2n) is 7.74. The normalized spacial score (nSPS) is 17.1. The van der Waals surface area contributed by atoms with Crippen molar-refractivity contribution in [3.05, 3.63) is 53.7 Å². The first-order valence-electron chi connectivity index (χ1n) is 9.95. The van der Waals surface area contributed by atoms with Gasteiger partial charge in [-0.1, -0.05) is 0 Å². The average Bonchev–Trinajstić information content (AvgIpc) is 3.50. The van der Waals surface area contributed by atoms with Crippen molar-refractivity contribution < 1.29 is 23.8 Å². The van der Waals surface area contributed by atoms with E-state index < -0.39 is 11.9 Å². The Morgan fingerprint density at radius 3 is 2.78 bits per heavy atom. The summed E-state index contributed by atoms with van der Waals surface area (Å²) in [7, 11) is 1.80. The molecule has 1 atom stereocenters. The highest BCUT2D eigenvalue weighted by atomic mass is 19.1. The molecule has 0 spiro atoms. The van der Waals surface area contributed by atoms with Crippen molar-refractivity contribution >= 4 is 17.6 Å². The molecule has 0 unspecified atom stereocenters. The molecule has 0 fully saturated rings. The molecule has 0 radical (unpaired) electrons. The molecule has 1 N–H and O–H groups in total. The van der Waals surface area contributed by atoms with Crippen molar-refractivity contribution in [3.63, 3.8) is 0 Å². The predicted octanol–water partition coefficient (Wildman–Crippen LogP) is 2.82. The van der Waals surface area contributed by atoms with Crippen molar-refractivity contribution in [1.29, 1.82) is 0 Å². The van der Waals surface area contributed by atoms with Gasteiger partial charge in [0.1, 0.15) is 17.9 Å². The van der Waals surface area contributed by atoms with Crippen LogP contribution in [0.1, 0.15) is 17.0 Å². The van der Waals surface area contributed by atoms with Crippen LogP contribution >= 0.6 is 0 Å². The number of hydrogen-bond acceptors (Lipinski definition) is 6. The van der Waals surface area contributed by atoms with Crippen LogP contribution in [-0.2, 0) is 13.6 Å². The second-order valence-corrected chi connectivity index (χ2v) is 7.74. The predicted molar refractivity (Wildman–Crippen MR) is 110 cm³/mol. The van der Waals surface area contributed by atoms with E-state index >= 15 is 0 Å². The van der Waals surface area contributed by atoms with Crippen LogP contribution in [0, 0.1) is 5.82 Å². The third kappa shape index (κ3) is 2.57. The summed E-state index contributed by atoms with van der Waals surface area (Å²) in [5.74, 6) is 0.365. The highest BCUT2D eigenvalue weighted by molar-refractivity contribution is 5.90.